The number of hydrogen-bond donors (Lipinski definition) is 1. The van der Waals surface area contributed by atoms with Crippen molar-refractivity contribution in [3.8, 4) is 0 Å². The van der Waals surface area contributed by atoms with E-state index in [-0.39, 0.29) is 5.69 Å². The van der Waals surface area contributed by atoms with Crippen LogP contribution in [-0.2, 0) is 17.7 Å². The van der Waals surface area contributed by atoms with Crippen LogP contribution < -0.4 is 5.73 Å². The summed E-state index contributed by atoms with van der Waals surface area (Å²) < 4.78 is 7.09. The third kappa shape index (κ3) is 3.06. The number of imidazole rings is 1. The molecule has 0 unspecified atom stereocenters. The zero-order chi connectivity index (χ0) is 15.5. The minimum Gasteiger partial charge on any atom is -0.461 e. The van der Waals surface area contributed by atoms with Gasteiger partial charge in [-0.15, -0.1) is 0 Å². The van der Waals surface area contributed by atoms with Gasteiger partial charge in [-0.05, 0) is 31.6 Å². The van der Waals surface area contributed by atoms with Gasteiger partial charge in [-0.3, -0.25) is 0 Å². The van der Waals surface area contributed by atoms with Crippen molar-refractivity contribution >= 4 is 11.8 Å². The Morgan fingerprint density at radius 3 is 2.52 bits per heavy atom. The van der Waals surface area contributed by atoms with E-state index in [1.165, 1.54) is 25.7 Å². The third-order valence-corrected chi connectivity index (χ3v) is 4.78. The summed E-state index contributed by atoms with van der Waals surface area (Å²) in [6.45, 7) is 7.28. The maximum Gasteiger partial charge on any atom is 0.360 e. The van der Waals surface area contributed by atoms with Crippen LogP contribution >= 0.6 is 0 Å². The van der Waals surface area contributed by atoms with E-state index < -0.39 is 5.97 Å². The predicted molar refractivity (Wildman–Crippen MR) is 83.2 cm³/mol. The number of rotatable bonds is 6. The highest BCUT2D eigenvalue weighted by Crippen LogP contribution is 2.43. The number of anilines is 1. The zero-order valence-electron chi connectivity index (χ0n) is 13.4. The maximum atomic E-state index is 12.0. The van der Waals surface area contributed by atoms with E-state index >= 15 is 0 Å². The molecule has 0 spiro atoms. The SMILES string of the molecule is CCOC(=O)c1nc(CC)n(CC2(CC)CCCC2)c1N. The lowest BCUT2D eigenvalue weighted by molar-refractivity contribution is 0.0521. The van der Waals surface area contributed by atoms with Crippen molar-refractivity contribution in [3.05, 3.63) is 11.5 Å². The van der Waals surface area contributed by atoms with Crippen molar-refractivity contribution < 1.29 is 9.53 Å². The molecular formula is C16H27N3O2. The molecule has 1 fully saturated rings. The molecule has 0 amide bonds. The lowest BCUT2D eigenvalue weighted by Crippen LogP contribution is -2.25. The molecule has 0 atom stereocenters. The molecule has 1 heterocycles. The summed E-state index contributed by atoms with van der Waals surface area (Å²) in [6.07, 6.45) is 6.95. The largest absolute Gasteiger partial charge is 0.461 e. The molecule has 2 rings (SSSR count). The topological polar surface area (TPSA) is 70.1 Å². The predicted octanol–water partition coefficient (Wildman–Crippen LogP) is 3.17. The van der Waals surface area contributed by atoms with Gasteiger partial charge in [0.25, 0.3) is 0 Å². The number of nitrogen functional groups attached to an aromatic ring is 1. The van der Waals surface area contributed by atoms with Crippen LogP contribution in [0.15, 0.2) is 0 Å². The zero-order valence-corrected chi connectivity index (χ0v) is 13.4. The first-order valence-electron chi connectivity index (χ1n) is 8.09. The van der Waals surface area contributed by atoms with E-state index in [4.69, 9.17) is 10.5 Å². The molecule has 1 aliphatic rings. The Labute approximate surface area is 126 Å². The van der Waals surface area contributed by atoms with Crippen molar-refractivity contribution in [2.24, 2.45) is 5.41 Å². The smallest absolute Gasteiger partial charge is 0.360 e. The second-order valence-corrected chi connectivity index (χ2v) is 5.98. The summed E-state index contributed by atoms with van der Waals surface area (Å²) in [6, 6.07) is 0. The Bertz CT molecular complexity index is 502. The molecule has 1 aromatic rings. The van der Waals surface area contributed by atoms with Crippen molar-refractivity contribution in [1.82, 2.24) is 9.55 Å². The van der Waals surface area contributed by atoms with Gasteiger partial charge in [0, 0.05) is 13.0 Å². The molecule has 5 heteroatoms. The number of aromatic nitrogens is 2. The molecule has 0 aliphatic heterocycles. The lowest BCUT2D eigenvalue weighted by Gasteiger charge is -2.29. The standard InChI is InChI=1S/C16H27N3O2/c1-4-12-18-13(15(20)21-6-3)14(17)19(12)11-16(5-2)9-7-8-10-16/h4-11,17H2,1-3H3. The van der Waals surface area contributed by atoms with Crippen molar-refractivity contribution in [2.75, 3.05) is 12.3 Å². The maximum absolute atomic E-state index is 12.0. The van der Waals surface area contributed by atoms with Crippen LogP contribution in [0.2, 0.25) is 0 Å². The molecular weight excluding hydrogens is 266 g/mol. The van der Waals surface area contributed by atoms with Crippen LogP contribution in [0.25, 0.3) is 0 Å². The van der Waals surface area contributed by atoms with Crippen LogP contribution in [0.1, 0.15) is 69.2 Å². The number of esters is 1. The number of hydrogen-bond acceptors (Lipinski definition) is 4. The lowest BCUT2D eigenvalue weighted by atomic mass is 9.83. The van der Waals surface area contributed by atoms with Gasteiger partial charge >= 0.3 is 5.97 Å². The molecule has 5 nitrogen and oxygen atoms in total. The van der Waals surface area contributed by atoms with E-state index in [0.29, 0.717) is 17.8 Å². The monoisotopic (exact) mass is 293 g/mol. The quantitative estimate of drug-likeness (QED) is 0.818. The molecule has 1 aliphatic carbocycles. The molecule has 1 aromatic heterocycles. The van der Waals surface area contributed by atoms with Crippen molar-refractivity contribution in [1.29, 1.82) is 0 Å². The highest BCUT2D eigenvalue weighted by Gasteiger charge is 2.34. The normalized spacial score (nSPS) is 17.1. The highest BCUT2D eigenvalue weighted by molar-refractivity contribution is 5.92. The average Bonchev–Trinajstić information content (AvgIpc) is 3.06. The van der Waals surface area contributed by atoms with Gasteiger partial charge in [-0.1, -0.05) is 26.7 Å². The van der Waals surface area contributed by atoms with Crippen LogP contribution in [-0.4, -0.2) is 22.1 Å². The minimum atomic E-state index is -0.416. The second kappa shape index (κ2) is 6.50. The molecule has 0 bridgehead atoms. The first-order chi connectivity index (χ1) is 10.1. The fraction of sp³-hybridized carbons (Fsp3) is 0.750. The van der Waals surface area contributed by atoms with E-state index in [1.807, 2.05) is 11.5 Å². The van der Waals surface area contributed by atoms with Gasteiger partial charge in [-0.25, -0.2) is 9.78 Å². The van der Waals surface area contributed by atoms with Gasteiger partial charge in [0.2, 0.25) is 0 Å². The molecule has 0 radical (unpaired) electrons. The number of carbonyl (C=O) groups excluding carboxylic acids is 1. The highest BCUT2D eigenvalue weighted by atomic mass is 16.5. The van der Waals surface area contributed by atoms with E-state index in [2.05, 4.69) is 11.9 Å². The molecule has 0 saturated heterocycles. The Hall–Kier alpha value is -1.52. The Kier molecular flexibility index (Phi) is 4.91. The van der Waals surface area contributed by atoms with Crippen LogP contribution in [0.4, 0.5) is 5.82 Å². The van der Waals surface area contributed by atoms with Crippen LogP contribution in [0, 0.1) is 5.41 Å². The summed E-state index contributed by atoms with van der Waals surface area (Å²) in [5.74, 6) is 0.931. The second-order valence-electron chi connectivity index (χ2n) is 5.98. The van der Waals surface area contributed by atoms with Gasteiger partial charge in [0.15, 0.2) is 5.69 Å². The van der Waals surface area contributed by atoms with Gasteiger partial charge in [0.1, 0.15) is 11.6 Å². The number of aryl methyl sites for hydroxylation is 1. The van der Waals surface area contributed by atoms with Crippen molar-refractivity contribution in [2.45, 2.75) is 65.8 Å². The fourth-order valence-electron chi connectivity index (χ4n) is 3.39. The summed E-state index contributed by atoms with van der Waals surface area (Å²) in [4.78, 5) is 16.4. The first kappa shape index (κ1) is 15.9. The summed E-state index contributed by atoms with van der Waals surface area (Å²) in [5.41, 5.74) is 6.79. The first-order valence-corrected chi connectivity index (χ1v) is 8.09. The van der Waals surface area contributed by atoms with E-state index in [1.54, 1.807) is 6.92 Å². The Balaban J connectivity index is 2.32. The van der Waals surface area contributed by atoms with Crippen molar-refractivity contribution in [3.63, 3.8) is 0 Å². The Morgan fingerprint density at radius 2 is 2.00 bits per heavy atom. The van der Waals surface area contributed by atoms with Gasteiger partial charge in [-0.2, -0.15) is 0 Å². The summed E-state index contributed by atoms with van der Waals surface area (Å²) in [5, 5.41) is 0. The number of carbonyl (C=O) groups is 1. The number of nitrogens with zero attached hydrogens (tertiary/aromatic N) is 2. The minimum absolute atomic E-state index is 0.276. The number of ether oxygens (including phenoxy) is 1. The van der Waals surface area contributed by atoms with E-state index in [9.17, 15) is 4.79 Å². The Morgan fingerprint density at radius 1 is 1.33 bits per heavy atom. The molecule has 118 valence electrons. The summed E-state index contributed by atoms with van der Waals surface area (Å²) in [7, 11) is 0. The third-order valence-electron chi connectivity index (χ3n) is 4.78. The fourth-order valence-corrected chi connectivity index (χ4v) is 3.39. The van der Waals surface area contributed by atoms with Gasteiger partial charge < -0.3 is 15.0 Å². The van der Waals surface area contributed by atoms with E-state index in [0.717, 1.165) is 25.2 Å². The molecule has 21 heavy (non-hydrogen) atoms. The summed E-state index contributed by atoms with van der Waals surface area (Å²) >= 11 is 0. The molecule has 0 aromatic carbocycles. The van der Waals surface area contributed by atoms with Crippen LogP contribution in [0.3, 0.4) is 0 Å². The van der Waals surface area contributed by atoms with Crippen LogP contribution in [0.5, 0.6) is 0 Å². The number of nitrogens with two attached hydrogens (primary N) is 1. The molecule has 1 saturated carbocycles. The molecule has 2 N–H and O–H groups in total. The average molecular weight is 293 g/mol. The van der Waals surface area contributed by atoms with Gasteiger partial charge in [0.05, 0.1) is 6.61 Å².